The first-order valence-electron chi connectivity index (χ1n) is 10.8. The van der Waals surface area contributed by atoms with Crippen LogP contribution in [0.3, 0.4) is 0 Å². The summed E-state index contributed by atoms with van der Waals surface area (Å²) < 4.78 is 5.59. The molecule has 0 aromatic carbocycles. The van der Waals surface area contributed by atoms with Gasteiger partial charge in [0.1, 0.15) is 6.10 Å². The van der Waals surface area contributed by atoms with Gasteiger partial charge in [0.2, 0.25) is 0 Å². The van der Waals surface area contributed by atoms with Crippen molar-refractivity contribution in [3.63, 3.8) is 0 Å². The minimum atomic E-state index is -0.740. The summed E-state index contributed by atoms with van der Waals surface area (Å²) in [5.41, 5.74) is 0. The Morgan fingerprint density at radius 3 is 2.43 bits per heavy atom. The number of carbonyl (C=O) groups excluding carboxylic acids is 1. The van der Waals surface area contributed by atoms with E-state index in [9.17, 15) is 9.59 Å². The Balaban J connectivity index is 1.30. The van der Waals surface area contributed by atoms with E-state index in [2.05, 4.69) is 21.7 Å². The number of carboxylic acids is 1. The lowest BCUT2D eigenvalue weighted by Crippen LogP contribution is -2.49. The molecular formula is C20H36N4O4. The molecule has 1 amide bonds. The Hall–Kier alpha value is -1.38. The number of ether oxygens (including phenoxy) is 1. The second-order valence-corrected chi connectivity index (χ2v) is 8.63. The van der Waals surface area contributed by atoms with Crippen molar-refractivity contribution in [3.05, 3.63) is 0 Å². The first kappa shape index (κ1) is 21.3. The zero-order valence-corrected chi connectivity index (χ0v) is 17.2. The van der Waals surface area contributed by atoms with Crippen LogP contribution in [0, 0.1) is 5.92 Å². The molecule has 3 aliphatic heterocycles. The van der Waals surface area contributed by atoms with Crippen LogP contribution in [0.1, 0.15) is 32.1 Å². The van der Waals surface area contributed by atoms with Crippen molar-refractivity contribution in [1.29, 1.82) is 0 Å². The highest BCUT2D eigenvalue weighted by molar-refractivity contribution is 5.69. The smallest absolute Gasteiger partial charge is 0.410 e. The lowest BCUT2D eigenvalue weighted by atomic mass is 9.92. The number of likely N-dealkylation sites (tertiary alicyclic amines) is 1. The van der Waals surface area contributed by atoms with Crippen LogP contribution in [-0.2, 0) is 9.53 Å². The lowest BCUT2D eigenvalue weighted by molar-refractivity contribution is -0.137. The van der Waals surface area contributed by atoms with E-state index in [-0.39, 0.29) is 18.6 Å². The van der Waals surface area contributed by atoms with E-state index in [1.165, 1.54) is 32.4 Å². The third kappa shape index (κ3) is 6.60. The quantitative estimate of drug-likeness (QED) is 0.624. The highest BCUT2D eigenvalue weighted by Crippen LogP contribution is 2.22. The second-order valence-electron chi connectivity index (χ2n) is 8.63. The zero-order valence-electron chi connectivity index (χ0n) is 17.2. The van der Waals surface area contributed by atoms with E-state index in [1.54, 1.807) is 0 Å². The number of amides is 1. The number of piperidine rings is 1. The summed E-state index contributed by atoms with van der Waals surface area (Å²) in [4.78, 5) is 31.6. The summed E-state index contributed by atoms with van der Waals surface area (Å²) in [6, 6.07) is 0. The van der Waals surface area contributed by atoms with Crippen LogP contribution in [-0.4, -0.2) is 115 Å². The molecule has 0 aromatic heterocycles. The minimum absolute atomic E-state index is 0.0404. The fourth-order valence-electron chi connectivity index (χ4n) is 4.51. The number of aliphatic carboxylic acids is 1. The second kappa shape index (κ2) is 10.4. The van der Waals surface area contributed by atoms with Gasteiger partial charge < -0.3 is 24.5 Å². The van der Waals surface area contributed by atoms with Gasteiger partial charge in [-0.2, -0.15) is 0 Å². The van der Waals surface area contributed by atoms with Crippen molar-refractivity contribution < 1.29 is 19.4 Å². The van der Waals surface area contributed by atoms with Crippen LogP contribution in [0.2, 0.25) is 0 Å². The highest BCUT2D eigenvalue weighted by atomic mass is 16.6. The number of rotatable bonds is 9. The minimum Gasteiger partial charge on any atom is -0.481 e. The molecule has 1 unspecified atom stereocenters. The molecule has 3 saturated heterocycles. The summed E-state index contributed by atoms with van der Waals surface area (Å²) in [5, 5.41) is 8.79. The van der Waals surface area contributed by atoms with E-state index in [4.69, 9.17) is 9.84 Å². The molecule has 0 bridgehead atoms. The van der Waals surface area contributed by atoms with Crippen molar-refractivity contribution in [2.24, 2.45) is 5.92 Å². The maximum Gasteiger partial charge on any atom is 0.410 e. The highest BCUT2D eigenvalue weighted by Gasteiger charge is 2.33. The standard InChI is InChI=1S/C20H36N4O4/c1-21-8-4-17(5-9-21)3-2-7-24-16-18(28-20(24)27)15-23-13-11-22(12-14-23)10-6-19(25)26/h17-18H,2-16H2,1H3,(H,25,26). The third-order valence-corrected chi connectivity index (χ3v) is 6.40. The average Bonchev–Trinajstić information content (AvgIpc) is 3.02. The molecule has 3 fully saturated rings. The maximum absolute atomic E-state index is 12.2. The number of hydrogen-bond donors (Lipinski definition) is 1. The molecule has 8 nitrogen and oxygen atoms in total. The van der Waals surface area contributed by atoms with Gasteiger partial charge in [-0.05, 0) is 51.7 Å². The SMILES string of the molecule is CN1CCC(CCCN2CC(CN3CCN(CCC(=O)O)CC3)OC2=O)CC1. The molecule has 28 heavy (non-hydrogen) atoms. The molecule has 0 saturated carbocycles. The molecule has 160 valence electrons. The first-order chi connectivity index (χ1) is 13.5. The van der Waals surface area contributed by atoms with Gasteiger partial charge in [0.05, 0.1) is 13.0 Å². The van der Waals surface area contributed by atoms with Crippen LogP contribution in [0.4, 0.5) is 4.79 Å². The largest absolute Gasteiger partial charge is 0.481 e. The van der Waals surface area contributed by atoms with Crippen molar-refractivity contribution in [3.8, 4) is 0 Å². The Labute approximate surface area is 168 Å². The van der Waals surface area contributed by atoms with Crippen molar-refractivity contribution in [2.75, 3.05) is 72.5 Å². The number of piperazine rings is 1. The summed E-state index contributed by atoms with van der Waals surface area (Å²) in [6.45, 7) is 8.88. The molecule has 3 rings (SSSR count). The van der Waals surface area contributed by atoms with Crippen LogP contribution >= 0.6 is 0 Å². The van der Waals surface area contributed by atoms with Crippen molar-refractivity contribution in [1.82, 2.24) is 19.6 Å². The van der Waals surface area contributed by atoms with Crippen LogP contribution in [0.15, 0.2) is 0 Å². The molecular weight excluding hydrogens is 360 g/mol. The first-order valence-corrected chi connectivity index (χ1v) is 10.8. The fraction of sp³-hybridized carbons (Fsp3) is 0.900. The van der Waals surface area contributed by atoms with E-state index < -0.39 is 5.97 Å². The Bertz CT molecular complexity index is 516. The number of carboxylic acid groups (broad SMARTS) is 1. The molecule has 0 aromatic rings. The number of nitrogens with zero attached hydrogens (tertiary/aromatic N) is 4. The maximum atomic E-state index is 12.2. The van der Waals surface area contributed by atoms with E-state index >= 15 is 0 Å². The normalized spacial score (nSPS) is 26.0. The molecule has 1 N–H and O–H groups in total. The van der Waals surface area contributed by atoms with Gasteiger partial charge in [-0.15, -0.1) is 0 Å². The molecule has 3 aliphatic rings. The van der Waals surface area contributed by atoms with Crippen molar-refractivity contribution in [2.45, 2.75) is 38.2 Å². The van der Waals surface area contributed by atoms with E-state index in [1.807, 2.05) is 4.90 Å². The fourth-order valence-corrected chi connectivity index (χ4v) is 4.51. The van der Waals surface area contributed by atoms with Gasteiger partial charge in [-0.1, -0.05) is 0 Å². The molecule has 0 spiro atoms. The third-order valence-electron chi connectivity index (χ3n) is 6.40. The Morgan fingerprint density at radius 1 is 1.07 bits per heavy atom. The molecule has 8 heteroatoms. The van der Waals surface area contributed by atoms with Gasteiger partial charge in [0.15, 0.2) is 0 Å². The summed E-state index contributed by atoms with van der Waals surface area (Å²) in [7, 11) is 2.19. The van der Waals surface area contributed by atoms with Gasteiger partial charge >= 0.3 is 12.1 Å². The van der Waals surface area contributed by atoms with Gasteiger partial charge in [0.25, 0.3) is 0 Å². The van der Waals surface area contributed by atoms with Gasteiger partial charge in [0, 0.05) is 45.8 Å². The predicted octanol–water partition coefficient (Wildman–Crippen LogP) is 1.02. The number of cyclic esters (lactones) is 1. The zero-order chi connectivity index (χ0) is 19.9. The Morgan fingerprint density at radius 2 is 1.75 bits per heavy atom. The lowest BCUT2D eigenvalue weighted by Gasteiger charge is -2.35. The topological polar surface area (TPSA) is 76.6 Å². The molecule has 3 heterocycles. The number of hydrogen-bond acceptors (Lipinski definition) is 6. The summed E-state index contributed by atoms with van der Waals surface area (Å²) in [6.07, 6.45) is 4.84. The van der Waals surface area contributed by atoms with Crippen LogP contribution in [0.25, 0.3) is 0 Å². The summed E-state index contributed by atoms with van der Waals surface area (Å²) in [5.74, 6) is 0.0688. The van der Waals surface area contributed by atoms with Gasteiger partial charge in [-0.25, -0.2) is 4.79 Å². The van der Waals surface area contributed by atoms with Crippen molar-refractivity contribution >= 4 is 12.1 Å². The van der Waals surface area contributed by atoms with E-state index in [0.717, 1.165) is 51.6 Å². The summed E-state index contributed by atoms with van der Waals surface area (Å²) >= 11 is 0. The number of carbonyl (C=O) groups is 2. The Kier molecular flexibility index (Phi) is 7.93. The monoisotopic (exact) mass is 396 g/mol. The molecule has 1 atom stereocenters. The average molecular weight is 397 g/mol. The van der Waals surface area contributed by atoms with Gasteiger partial charge in [-0.3, -0.25) is 9.69 Å². The van der Waals surface area contributed by atoms with Crippen LogP contribution < -0.4 is 0 Å². The van der Waals surface area contributed by atoms with E-state index in [0.29, 0.717) is 13.1 Å². The molecule has 0 aliphatic carbocycles. The molecule has 0 radical (unpaired) electrons. The van der Waals surface area contributed by atoms with Crippen LogP contribution in [0.5, 0.6) is 0 Å². The predicted molar refractivity (Wildman–Crippen MR) is 106 cm³/mol.